The first kappa shape index (κ1) is 12.8. The first-order valence-corrected chi connectivity index (χ1v) is 8.15. The van der Waals surface area contributed by atoms with E-state index in [0.717, 1.165) is 17.8 Å². The van der Waals surface area contributed by atoms with Crippen LogP contribution in [-0.4, -0.2) is 0 Å². The molecule has 0 aliphatic heterocycles. The molecule has 0 heterocycles. The fourth-order valence-electron chi connectivity index (χ4n) is 5.03. The maximum atomic E-state index is 2.52. The molecule has 3 saturated carbocycles. The van der Waals surface area contributed by atoms with Crippen LogP contribution in [0.25, 0.3) is 0 Å². The van der Waals surface area contributed by atoms with Crippen LogP contribution in [0.5, 0.6) is 0 Å². The average Bonchev–Trinajstić information content (AvgIpc) is 3.16. The van der Waals surface area contributed by atoms with Crippen molar-refractivity contribution >= 4 is 0 Å². The van der Waals surface area contributed by atoms with Crippen molar-refractivity contribution in [2.75, 3.05) is 0 Å². The highest BCUT2D eigenvalue weighted by molar-refractivity contribution is 5.41. The molecule has 102 valence electrons. The third kappa shape index (κ3) is 1.63. The Balaban J connectivity index is 2.00. The number of allylic oxidation sites excluding steroid dienone is 2. The van der Waals surface area contributed by atoms with Gasteiger partial charge in [0.05, 0.1) is 0 Å². The van der Waals surface area contributed by atoms with Crippen LogP contribution in [0.2, 0.25) is 0 Å². The highest BCUT2D eigenvalue weighted by Gasteiger charge is 2.67. The van der Waals surface area contributed by atoms with Crippen molar-refractivity contribution in [3.8, 4) is 0 Å². The average molecular weight is 246 g/mol. The molecule has 0 radical (unpaired) electrons. The van der Waals surface area contributed by atoms with Crippen molar-refractivity contribution in [2.45, 2.75) is 73.1 Å². The summed E-state index contributed by atoms with van der Waals surface area (Å²) in [6, 6.07) is 0. The van der Waals surface area contributed by atoms with Gasteiger partial charge in [0.15, 0.2) is 0 Å². The smallest absolute Gasteiger partial charge is 0.00231 e. The van der Waals surface area contributed by atoms with E-state index in [-0.39, 0.29) is 0 Å². The molecule has 0 bridgehead atoms. The van der Waals surface area contributed by atoms with Crippen molar-refractivity contribution in [3.05, 3.63) is 11.1 Å². The lowest BCUT2D eigenvalue weighted by Crippen LogP contribution is -2.35. The van der Waals surface area contributed by atoms with Gasteiger partial charge >= 0.3 is 0 Å². The Morgan fingerprint density at radius 1 is 1.17 bits per heavy atom. The van der Waals surface area contributed by atoms with Gasteiger partial charge in [-0.1, -0.05) is 52.2 Å². The monoisotopic (exact) mass is 246 g/mol. The third-order valence-electron chi connectivity index (χ3n) is 6.48. The lowest BCUT2D eigenvalue weighted by Gasteiger charge is -2.44. The highest BCUT2D eigenvalue weighted by atomic mass is 14.7. The maximum absolute atomic E-state index is 2.52. The number of hydrogen-bond donors (Lipinski definition) is 0. The van der Waals surface area contributed by atoms with Gasteiger partial charge in [0.2, 0.25) is 0 Å². The molecule has 0 nitrogen and oxygen atoms in total. The minimum atomic E-state index is 0.596. The first-order valence-electron chi connectivity index (χ1n) is 8.15. The minimum Gasteiger partial charge on any atom is -0.0695 e. The standard InChI is InChI=1S/C18H30/c1-6-7-15-13(3)12(2)10-18(11-17(18,4)5)16(15)14-8-9-14/h12-13,15H,6-11H2,1-5H3. The quantitative estimate of drug-likeness (QED) is 0.557. The summed E-state index contributed by atoms with van der Waals surface area (Å²) >= 11 is 0. The van der Waals surface area contributed by atoms with Gasteiger partial charge in [0.1, 0.15) is 0 Å². The lowest BCUT2D eigenvalue weighted by molar-refractivity contribution is 0.153. The molecule has 3 aliphatic carbocycles. The first-order chi connectivity index (χ1) is 8.43. The molecule has 4 atom stereocenters. The maximum Gasteiger partial charge on any atom is -0.00231 e. The molecule has 0 aromatic rings. The van der Waals surface area contributed by atoms with Crippen LogP contribution < -0.4 is 0 Å². The SMILES string of the molecule is CCCC1C(=C2CC2)C2(CC(C)C1C)CC2(C)C. The summed E-state index contributed by atoms with van der Waals surface area (Å²) in [7, 11) is 0. The van der Waals surface area contributed by atoms with Crippen LogP contribution in [0.1, 0.15) is 73.1 Å². The zero-order valence-electron chi connectivity index (χ0n) is 13.0. The predicted molar refractivity (Wildman–Crippen MR) is 78.4 cm³/mol. The third-order valence-corrected chi connectivity index (χ3v) is 6.48. The zero-order valence-corrected chi connectivity index (χ0v) is 13.0. The largest absolute Gasteiger partial charge is 0.0695 e. The van der Waals surface area contributed by atoms with Crippen molar-refractivity contribution in [2.24, 2.45) is 28.6 Å². The summed E-state index contributed by atoms with van der Waals surface area (Å²) in [5.74, 6) is 2.75. The van der Waals surface area contributed by atoms with E-state index in [1.807, 2.05) is 11.1 Å². The van der Waals surface area contributed by atoms with Gasteiger partial charge in [-0.25, -0.2) is 0 Å². The van der Waals surface area contributed by atoms with Gasteiger partial charge in [-0.2, -0.15) is 0 Å². The molecular weight excluding hydrogens is 216 g/mol. The van der Waals surface area contributed by atoms with Crippen LogP contribution >= 0.6 is 0 Å². The van der Waals surface area contributed by atoms with E-state index in [0.29, 0.717) is 10.8 Å². The van der Waals surface area contributed by atoms with Crippen LogP contribution in [0, 0.1) is 28.6 Å². The Morgan fingerprint density at radius 3 is 2.22 bits per heavy atom. The second kappa shape index (κ2) is 3.87. The Hall–Kier alpha value is -0.260. The van der Waals surface area contributed by atoms with Crippen LogP contribution in [-0.2, 0) is 0 Å². The summed E-state index contributed by atoms with van der Waals surface area (Å²) in [4.78, 5) is 0. The zero-order chi connectivity index (χ0) is 13.1. The number of hydrogen-bond acceptors (Lipinski definition) is 0. The van der Waals surface area contributed by atoms with Crippen molar-refractivity contribution in [3.63, 3.8) is 0 Å². The summed E-state index contributed by atoms with van der Waals surface area (Å²) in [6.45, 7) is 12.4. The van der Waals surface area contributed by atoms with Crippen LogP contribution in [0.15, 0.2) is 11.1 Å². The van der Waals surface area contributed by atoms with E-state index in [4.69, 9.17) is 0 Å². The highest BCUT2D eigenvalue weighted by Crippen LogP contribution is 2.76. The second-order valence-corrected chi connectivity index (χ2v) is 8.10. The summed E-state index contributed by atoms with van der Waals surface area (Å²) in [5, 5.41) is 0. The van der Waals surface area contributed by atoms with E-state index >= 15 is 0 Å². The number of rotatable bonds is 2. The van der Waals surface area contributed by atoms with E-state index in [2.05, 4.69) is 34.6 Å². The molecule has 0 N–H and O–H groups in total. The second-order valence-electron chi connectivity index (χ2n) is 8.10. The summed E-state index contributed by atoms with van der Waals surface area (Å²) < 4.78 is 0. The Kier molecular flexibility index (Phi) is 2.74. The molecule has 4 unspecified atom stereocenters. The normalized spacial score (nSPS) is 45.5. The van der Waals surface area contributed by atoms with Crippen LogP contribution in [0.4, 0.5) is 0 Å². The fourth-order valence-corrected chi connectivity index (χ4v) is 5.03. The van der Waals surface area contributed by atoms with E-state index in [1.165, 1.54) is 38.5 Å². The molecule has 3 fully saturated rings. The van der Waals surface area contributed by atoms with Gasteiger partial charge in [-0.3, -0.25) is 0 Å². The van der Waals surface area contributed by atoms with Gasteiger partial charge in [0, 0.05) is 0 Å². The Labute approximate surface area is 113 Å². The molecular formula is C18H30. The summed E-state index contributed by atoms with van der Waals surface area (Å²) in [6.07, 6.45) is 8.58. The summed E-state index contributed by atoms with van der Waals surface area (Å²) in [5.41, 5.74) is 5.07. The molecule has 0 heteroatoms. The molecule has 3 aliphatic rings. The van der Waals surface area contributed by atoms with Gasteiger partial charge < -0.3 is 0 Å². The minimum absolute atomic E-state index is 0.596. The van der Waals surface area contributed by atoms with E-state index < -0.39 is 0 Å². The molecule has 3 rings (SSSR count). The van der Waals surface area contributed by atoms with Crippen molar-refractivity contribution < 1.29 is 0 Å². The van der Waals surface area contributed by atoms with Crippen LogP contribution in [0.3, 0.4) is 0 Å². The van der Waals surface area contributed by atoms with Gasteiger partial charge in [-0.15, -0.1) is 0 Å². The van der Waals surface area contributed by atoms with Gasteiger partial charge in [0.25, 0.3) is 0 Å². The molecule has 0 amide bonds. The predicted octanol–water partition coefficient (Wildman–Crippen LogP) is 5.59. The molecule has 1 spiro atoms. The van der Waals surface area contributed by atoms with Crippen molar-refractivity contribution in [1.82, 2.24) is 0 Å². The molecule has 18 heavy (non-hydrogen) atoms. The van der Waals surface area contributed by atoms with Crippen molar-refractivity contribution in [1.29, 1.82) is 0 Å². The fraction of sp³-hybridized carbons (Fsp3) is 0.889. The van der Waals surface area contributed by atoms with E-state index in [1.54, 1.807) is 0 Å². The van der Waals surface area contributed by atoms with E-state index in [9.17, 15) is 0 Å². The lowest BCUT2D eigenvalue weighted by atomic mass is 9.61. The Bertz CT molecular complexity index is 381. The van der Waals surface area contributed by atoms with Gasteiger partial charge in [-0.05, 0) is 60.7 Å². The molecule has 0 aromatic heterocycles. The molecule has 0 saturated heterocycles. The Morgan fingerprint density at radius 2 is 1.78 bits per heavy atom. The topological polar surface area (TPSA) is 0 Å². The molecule has 0 aromatic carbocycles.